The van der Waals surface area contributed by atoms with Gasteiger partial charge in [0.15, 0.2) is 11.4 Å². The summed E-state index contributed by atoms with van der Waals surface area (Å²) in [6.07, 6.45) is 9.72. The number of epoxide rings is 1. The molecule has 4 fully saturated rings. The number of hydrogen-bond acceptors (Lipinski definition) is 3. The molecular weight excluding hydrogens is 300 g/mol. The average Bonchev–Trinajstić information content (AvgIpc) is 3.21. The molecule has 1 aliphatic heterocycles. The maximum Gasteiger partial charge on any atom is 0.173 e. The monoisotopic (exact) mass is 330 g/mol. The van der Waals surface area contributed by atoms with Gasteiger partial charge in [-0.05, 0) is 75.0 Å². The van der Waals surface area contributed by atoms with Crippen molar-refractivity contribution in [1.82, 2.24) is 0 Å². The van der Waals surface area contributed by atoms with Gasteiger partial charge in [0.1, 0.15) is 0 Å². The van der Waals surface area contributed by atoms with Crippen molar-refractivity contribution in [2.75, 3.05) is 0 Å². The second-order valence-corrected chi connectivity index (χ2v) is 9.89. The Labute approximate surface area is 144 Å². The minimum absolute atomic E-state index is 0.147. The molecule has 0 amide bonds. The standard InChI is InChI=1S/C21H30O3/c1-19-8-6-13(22)10-12(19)4-5-14-15(19)7-9-20(2)16(14)11-17-21(3,24-17)18(20)23/h4,13-17,22H,5-11H2,1-3H3/t13-,14+,15-,16-,17+,19-,20-,21+/m0/s1. The summed E-state index contributed by atoms with van der Waals surface area (Å²) >= 11 is 0. The van der Waals surface area contributed by atoms with Gasteiger partial charge in [-0.25, -0.2) is 0 Å². The molecule has 1 heterocycles. The number of fused-ring (bicyclic) bond motifs is 6. The molecule has 1 saturated heterocycles. The van der Waals surface area contributed by atoms with Crippen LogP contribution in [0.3, 0.4) is 0 Å². The maximum atomic E-state index is 13.2. The third kappa shape index (κ3) is 1.73. The molecule has 3 nitrogen and oxygen atoms in total. The van der Waals surface area contributed by atoms with Gasteiger partial charge in [0.2, 0.25) is 0 Å². The molecule has 132 valence electrons. The van der Waals surface area contributed by atoms with E-state index < -0.39 is 5.60 Å². The summed E-state index contributed by atoms with van der Waals surface area (Å²) in [6.45, 7) is 6.68. The molecule has 1 N–H and O–H groups in total. The molecule has 0 bridgehead atoms. The number of ketones is 1. The highest BCUT2D eigenvalue weighted by Gasteiger charge is 2.71. The van der Waals surface area contributed by atoms with Crippen LogP contribution in [-0.2, 0) is 9.53 Å². The number of allylic oxidation sites excluding steroid dienone is 1. The smallest absolute Gasteiger partial charge is 0.173 e. The molecule has 5 rings (SSSR count). The van der Waals surface area contributed by atoms with Crippen molar-refractivity contribution in [2.24, 2.45) is 28.6 Å². The Morgan fingerprint density at radius 2 is 1.88 bits per heavy atom. The number of hydrogen-bond donors (Lipinski definition) is 1. The average molecular weight is 330 g/mol. The highest BCUT2D eigenvalue weighted by Crippen LogP contribution is 2.66. The number of rotatable bonds is 0. The van der Waals surface area contributed by atoms with E-state index in [9.17, 15) is 9.90 Å². The lowest BCUT2D eigenvalue weighted by Gasteiger charge is -2.59. The Morgan fingerprint density at radius 1 is 1.12 bits per heavy atom. The first-order valence-corrected chi connectivity index (χ1v) is 9.89. The minimum Gasteiger partial charge on any atom is -0.393 e. The largest absolute Gasteiger partial charge is 0.393 e. The van der Waals surface area contributed by atoms with Crippen LogP contribution in [0.25, 0.3) is 0 Å². The zero-order chi connectivity index (χ0) is 16.9. The van der Waals surface area contributed by atoms with E-state index >= 15 is 0 Å². The topological polar surface area (TPSA) is 49.8 Å². The van der Waals surface area contributed by atoms with Gasteiger partial charge in [0.05, 0.1) is 12.2 Å². The van der Waals surface area contributed by atoms with Crippen molar-refractivity contribution in [3.63, 3.8) is 0 Å². The van der Waals surface area contributed by atoms with Crippen molar-refractivity contribution in [2.45, 2.75) is 83.5 Å². The number of aliphatic hydroxyl groups excluding tert-OH is 1. The van der Waals surface area contributed by atoms with Crippen LogP contribution >= 0.6 is 0 Å². The first kappa shape index (κ1) is 15.6. The number of carbonyl (C=O) groups is 1. The Hall–Kier alpha value is -0.670. The zero-order valence-corrected chi connectivity index (χ0v) is 15.2. The van der Waals surface area contributed by atoms with E-state index in [1.807, 2.05) is 6.92 Å². The summed E-state index contributed by atoms with van der Waals surface area (Å²) in [7, 11) is 0. The van der Waals surface area contributed by atoms with Crippen molar-refractivity contribution in [3.05, 3.63) is 11.6 Å². The number of Topliss-reactive ketones (excluding diaryl/α,β-unsaturated/α-hetero) is 1. The molecule has 0 aromatic carbocycles. The van der Waals surface area contributed by atoms with E-state index in [0.717, 1.165) is 44.9 Å². The van der Waals surface area contributed by atoms with Crippen molar-refractivity contribution < 1.29 is 14.6 Å². The maximum absolute atomic E-state index is 13.2. The first-order valence-electron chi connectivity index (χ1n) is 9.89. The number of ether oxygens (including phenoxy) is 1. The van der Waals surface area contributed by atoms with Gasteiger partial charge < -0.3 is 9.84 Å². The van der Waals surface area contributed by atoms with E-state index in [1.165, 1.54) is 5.57 Å². The van der Waals surface area contributed by atoms with Gasteiger partial charge in [-0.15, -0.1) is 0 Å². The van der Waals surface area contributed by atoms with Gasteiger partial charge in [0.25, 0.3) is 0 Å². The first-order chi connectivity index (χ1) is 11.3. The third-order valence-corrected chi connectivity index (χ3v) is 8.85. The second kappa shape index (κ2) is 4.54. The fourth-order valence-corrected chi connectivity index (χ4v) is 7.21. The van der Waals surface area contributed by atoms with E-state index in [2.05, 4.69) is 19.9 Å². The quantitative estimate of drug-likeness (QED) is 0.545. The number of carbonyl (C=O) groups excluding carboxylic acids is 1. The molecule has 8 atom stereocenters. The van der Waals surface area contributed by atoms with Gasteiger partial charge in [-0.2, -0.15) is 0 Å². The van der Waals surface area contributed by atoms with Crippen molar-refractivity contribution in [3.8, 4) is 0 Å². The molecule has 0 aromatic heterocycles. The fourth-order valence-electron chi connectivity index (χ4n) is 7.21. The Balaban J connectivity index is 1.51. The molecule has 3 saturated carbocycles. The summed E-state index contributed by atoms with van der Waals surface area (Å²) in [6, 6.07) is 0. The van der Waals surface area contributed by atoms with E-state index in [1.54, 1.807) is 0 Å². The molecule has 3 heteroatoms. The molecule has 24 heavy (non-hydrogen) atoms. The molecule has 0 unspecified atom stereocenters. The summed E-state index contributed by atoms with van der Waals surface area (Å²) in [5.41, 5.74) is 1.10. The lowest BCUT2D eigenvalue weighted by atomic mass is 9.44. The lowest BCUT2D eigenvalue weighted by molar-refractivity contribution is -0.147. The summed E-state index contributed by atoms with van der Waals surface area (Å²) < 4.78 is 5.86. The van der Waals surface area contributed by atoms with Crippen LogP contribution < -0.4 is 0 Å². The normalized spacial score (nSPS) is 58.8. The Kier molecular flexibility index (Phi) is 2.94. The van der Waals surface area contributed by atoms with Gasteiger partial charge in [0, 0.05) is 5.41 Å². The summed E-state index contributed by atoms with van der Waals surface area (Å²) in [4.78, 5) is 13.2. The van der Waals surface area contributed by atoms with E-state index in [-0.39, 0.29) is 23.0 Å². The fraction of sp³-hybridized carbons (Fsp3) is 0.857. The molecule has 0 spiro atoms. The Bertz CT molecular complexity index is 639. The van der Waals surface area contributed by atoms with Crippen LogP contribution in [-0.4, -0.2) is 28.7 Å². The SMILES string of the molecule is C[C@]12CC[C@H](O)CC1=CC[C@@H]1[C@@H]2CC[C@]2(C)C(=O)[C@]3(C)O[C@@H]3C[C@@H]12. The minimum atomic E-state index is -0.466. The zero-order valence-electron chi connectivity index (χ0n) is 15.2. The molecular formula is C21H30O3. The lowest BCUT2D eigenvalue weighted by Crippen LogP contribution is -2.57. The predicted octanol–water partition coefficient (Wildman–Crippen LogP) is 3.65. The molecule has 5 aliphatic rings. The Morgan fingerprint density at radius 3 is 2.67 bits per heavy atom. The van der Waals surface area contributed by atoms with Gasteiger partial charge in [-0.3, -0.25) is 4.79 Å². The summed E-state index contributed by atoms with van der Waals surface area (Å²) in [5.74, 6) is 2.16. The van der Waals surface area contributed by atoms with Crippen molar-refractivity contribution in [1.29, 1.82) is 0 Å². The van der Waals surface area contributed by atoms with Crippen LogP contribution in [0.4, 0.5) is 0 Å². The summed E-state index contributed by atoms with van der Waals surface area (Å²) in [5, 5.41) is 10.1. The van der Waals surface area contributed by atoms with Crippen LogP contribution in [0.2, 0.25) is 0 Å². The molecule has 0 radical (unpaired) electrons. The van der Waals surface area contributed by atoms with E-state index in [0.29, 0.717) is 23.5 Å². The number of aliphatic hydroxyl groups is 1. The second-order valence-electron chi connectivity index (χ2n) is 9.89. The highest BCUT2D eigenvalue weighted by atomic mass is 16.6. The van der Waals surface area contributed by atoms with Gasteiger partial charge in [-0.1, -0.05) is 25.5 Å². The predicted molar refractivity (Wildman–Crippen MR) is 91.4 cm³/mol. The molecule has 4 aliphatic carbocycles. The van der Waals surface area contributed by atoms with Crippen LogP contribution in [0.15, 0.2) is 11.6 Å². The van der Waals surface area contributed by atoms with Crippen LogP contribution in [0.1, 0.15) is 65.7 Å². The molecule has 0 aromatic rings. The van der Waals surface area contributed by atoms with Crippen LogP contribution in [0.5, 0.6) is 0 Å². The third-order valence-electron chi connectivity index (χ3n) is 8.85. The van der Waals surface area contributed by atoms with Gasteiger partial charge >= 0.3 is 0 Å². The van der Waals surface area contributed by atoms with Crippen molar-refractivity contribution >= 4 is 5.78 Å². The van der Waals surface area contributed by atoms with E-state index in [4.69, 9.17) is 4.74 Å². The highest BCUT2D eigenvalue weighted by molar-refractivity contribution is 5.96. The van der Waals surface area contributed by atoms with Crippen LogP contribution in [0, 0.1) is 28.6 Å².